The van der Waals surface area contributed by atoms with Crippen molar-refractivity contribution in [1.29, 1.82) is 0 Å². The van der Waals surface area contributed by atoms with Gasteiger partial charge in [0.15, 0.2) is 11.5 Å². The van der Waals surface area contributed by atoms with Crippen LogP contribution in [-0.4, -0.2) is 32.6 Å². The molecule has 6 nitrogen and oxygen atoms in total. The lowest BCUT2D eigenvalue weighted by atomic mass is 9.65. The van der Waals surface area contributed by atoms with E-state index in [1.807, 2.05) is 24.3 Å². The van der Waals surface area contributed by atoms with Crippen LogP contribution < -0.4 is 26.3 Å². The van der Waals surface area contributed by atoms with Crippen LogP contribution in [0.5, 0.6) is 11.5 Å². The van der Waals surface area contributed by atoms with Gasteiger partial charge in [-0.25, -0.2) is 4.39 Å². The maximum absolute atomic E-state index is 13.4. The first kappa shape index (κ1) is 36.8. The van der Waals surface area contributed by atoms with E-state index in [1.54, 1.807) is 26.4 Å². The Morgan fingerprint density at radius 1 is 0.827 bits per heavy atom. The van der Waals surface area contributed by atoms with Crippen LogP contribution in [0.1, 0.15) is 71.9 Å². The molecule has 0 saturated carbocycles. The Balaban J connectivity index is 1.34. The van der Waals surface area contributed by atoms with E-state index in [0.717, 1.165) is 48.9 Å². The zero-order valence-electron chi connectivity index (χ0n) is 30.2. The lowest BCUT2D eigenvalue weighted by molar-refractivity contribution is -0.119. The summed E-state index contributed by atoms with van der Waals surface area (Å²) in [5.74, 6) is 1.30. The summed E-state index contributed by atoms with van der Waals surface area (Å²) in [5.41, 5.74) is 20.0. The lowest BCUT2D eigenvalue weighted by Crippen LogP contribution is -2.59. The first-order valence-corrected chi connectivity index (χ1v) is 18.3. The summed E-state index contributed by atoms with van der Waals surface area (Å²) < 4.78 is 24.9. The number of rotatable bonds is 16. The van der Waals surface area contributed by atoms with Crippen LogP contribution in [0.4, 0.5) is 10.1 Å². The van der Waals surface area contributed by atoms with Crippen molar-refractivity contribution < 1.29 is 18.7 Å². The highest BCUT2D eigenvalue weighted by Crippen LogP contribution is 2.46. The van der Waals surface area contributed by atoms with E-state index in [9.17, 15) is 9.18 Å². The molecule has 270 valence electrons. The van der Waals surface area contributed by atoms with Crippen LogP contribution in [0.3, 0.4) is 0 Å². The highest BCUT2D eigenvalue weighted by Gasteiger charge is 2.45. The average Bonchev–Trinajstić information content (AvgIpc) is 3.19. The third-order valence-electron chi connectivity index (χ3n) is 11.0. The van der Waals surface area contributed by atoms with Crippen LogP contribution in [0.25, 0.3) is 0 Å². The first-order valence-electron chi connectivity index (χ1n) is 18.3. The van der Waals surface area contributed by atoms with Crippen LogP contribution >= 0.6 is 0 Å². The van der Waals surface area contributed by atoms with E-state index >= 15 is 0 Å². The largest absolute Gasteiger partial charge is 0.493 e. The van der Waals surface area contributed by atoms with Crippen molar-refractivity contribution in [3.8, 4) is 11.5 Å². The molecule has 1 heterocycles. The minimum Gasteiger partial charge on any atom is -0.493 e. The van der Waals surface area contributed by atoms with Gasteiger partial charge in [0.25, 0.3) is 0 Å². The fraction of sp³-hybridized carbons (Fsp3) is 0.311. The van der Waals surface area contributed by atoms with Gasteiger partial charge in [-0.1, -0.05) is 84.9 Å². The zero-order chi connectivity index (χ0) is 36.6. The summed E-state index contributed by atoms with van der Waals surface area (Å²) >= 11 is 0. The summed E-state index contributed by atoms with van der Waals surface area (Å²) in [6, 6.07) is 39.5. The summed E-state index contributed by atoms with van der Waals surface area (Å²) in [7, 11) is 3.32. The molecular weight excluding hydrogens is 650 g/mol. The number of nitrogen functional groups attached to an aromatic ring is 1. The minimum atomic E-state index is -0.726. The molecule has 5 aromatic carbocycles. The van der Waals surface area contributed by atoms with Gasteiger partial charge in [-0.2, -0.15) is 0 Å². The number of carbonyl (C=O) groups excluding carboxylic acids is 1. The van der Waals surface area contributed by atoms with E-state index in [1.165, 1.54) is 28.8 Å². The molecule has 0 aromatic heterocycles. The van der Waals surface area contributed by atoms with Crippen LogP contribution in [-0.2, 0) is 28.6 Å². The van der Waals surface area contributed by atoms with Crippen molar-refractivity contribution in [2.75, 3.05) is 26.5 Å². The molecule has 6 rings (SSSR count). The Kier molecular flexibility index (Phi) is 11.7. The van der Waals surface area contributed by atoms with Gasteiger partial charge < -0.3 is 26.3 Å². The third-order valence-corrected chi connectivity index (χ3v) is 11.0. The molecule has 5 aromatic rings. The number of halogens is 1. The van der Waals surface area contributed by atoms with E-state index in [0.29, 0.717) is 42.9 Å². The second-order valence-corrected chi connectivity index (χ2v) is 13.9. The van der Waals surface area contributed by atoms with Crippen molar-refractivity contribution in [3.05, 3.63) is 161 Å². The van der Waals surface area contributed by atoms with E-state index in [4.69, 9.17) is 20.9 Å². The fourth-order valence-corrected chi connectivity index (χ4v) is 8.18. The highest BCUT2D eigenvalue weighted by molar-refractivity contribution is 5.78. The van der Waals surface area contributed by atoms with Gasteiger partial charge in [0.1, 0.15) is 11.6 Å². The molecule has 2 atom stereocenters. The van der Waals surface area contributed by atoms with Crippen molar-refractivity contribution in [1.82, 2.24) is 5.32 Å². The van der Waals surface area contributed by atoms with Crippen LogP contribution in [0, 0.1) is 5.82 Å². The fourth-order valence-electron chi connectivity index (χ4n) is 8.18. The molecule has 2 unspecified atom stereocenters. The first-order chi connectivity index (χ1) is 25.3. The van der Waals surface area contributed by atoms with E-state index < -0.39 is 11.0 Å². The number of ether oxygens (including phenoxy) is 2. The molecule has 0 fully saturated rings. The van der Waals surface area contributed by atoms with Gasteiger partial charge in [-0.05, 0) is 108 Å². The Labute approximate surface area is 307 Å². The Morgan fingerprint density at radius 2 is 1.44 bits per heavy atom. The van der Waals surface area contributed by atoms with Crippen LogP contribution in [0.15, 0.2) is 121 Å². The molecule has 0 bridgehead atoms. The second-order valence-electron chi connectivity index (χ2n) is 13.9. The smallest absolute Gasteiger partial charge is 0.161 e. The molecule has 7 heteroatoms. The average molecular weight is 700 g/mol. The number of hydrogen-bond donors (Lipinski definition) is 3. The quantitative estimate of drug-likeness (QED) is 0.0897. The Bertz CT molecular complexity index is 1880. The molecule has 0 amide bonds. The zero-order valence-corrected chi connectivity index (χ0v) is 30.2. The molecule has 1 aliphatic rings. The number of benzene rings is 5. The van der Waals surface area contributed by atoms with Crippen molar-refractivity contribution in [3.63, 3.8) is 0 Å². The highest BCUT2D eigenvalue weighted by atomic mass is 19.1. The minimum absolute atomic E-state index is 0.214. The number of carbonyl (C=O) groups is 1. The predicted molar refractivity (Wildman–Crippen MR) is 207 cm³/mol. The number of ketones is 1. The number of nitrogens with one attached hydrogen (secondary N) is 1. The van der Waals surface area contributed by atoms with Gasteiger partial charge in [0.2, 0.25) is 0 Å². The van der Waals surface area contributed by atoms with E-state index in [-0.39, 0.29) is 17.6 Å². The SMILES string of the molecule is COc1cc2c(cc1OC)C(c1ccc(N)cc1)(C(N)CCC(CCCC(=O)CCc1ccc(F)cc1)(c1ccccc1)c1ccccc1)NCC2. The summed E-state index contributed by atoms with van der Waals surface area (Å²) in [5, 5.41) is 3.89. The Morgan fingerprint density at radius 3 is 2.06 bits per heavy atom. The molecule has 1 aliphatic heterocycles. The van der Waals surface area contributed by atoms with Gasteiger partial charge in [-0.15, -0.1) is 0 Å². The number of hydrogen-bond acceptors (Lipinski definition) is 6. The summed E-state index contributed by atoms with van der Waals surface area (Å²) in [6.07, 6.45) is 5.27. The standard InChI is InChI=1S/C45H50FN3O3/c1-51-41-30-33-26-29-49-45(40(33)31-42(41)52-2,36-18-22-38(47)23-19-36)43(48)25-28-44(34-10-5-3-6-11-34,35-12-7-4-8-13-35)27-9-14-39(50)24-17-32-15-20-37(46)21-16-32/h3-8,10-13,15-16,18-23,30-31,43,49H,9,14,17,24-29,47-48H2,1-2H3. The molecule has 5 N–H and O–H groups in total. The number of anilines is 1. The number of fused-ring (bicyclic) bond motifs is 1. The number of Topliss-reactive ketones (excluding diaryl/α,β-unsaturated/α-hetero) is 1. The van der Waals surface area contributed by atoms with Crippen LogP contribution in [0.2, 0.25) is 0 Å². The predicted octanol–water partition coefficient (Wildman–Crippen LogP) is 8.28. The third kappa shape index (κ3) is 7.76. The van der Waals surface area contributed by atoms with Crippen molar-refractivity contribution in [2.45, 2.75) is 68.4 Å². The topological polar surface area (TPSA) is 99.6 Å². The van der Waals surface area contributed by atoms with Gasteiger partial charge >= 0.3 is 0 Å². The molecule has 0 spiro atoms. The molecule has 0 radical (unpaired) electrons. The van der Waals surface area contributed by atoms with E-state index in [2.05, 4.69) is 78.1 Å². The monoisotopic (exact) mass is 699 g/mol. The van der Waals surface area contributed by atoms with Gasteiger partial charge in [-0.3, -0.25) is 4.79 Å². The molecule has 0 aliphatic carbocycles. The molecule has 0 saturated heterocycles. The normalized spacial score (nSPS) is 16.2. The second kappa shape index (κ2) is 16.6. The van der Waals surface area contributed by atoms with Gasteiger partial charge in [0.05, 0.1) is 19.8 Å². The number of methoxy groups -OCH3 is 2. The lowest BCUT2D eigenvalue weighted by Gasteiger charge is -2.46. The summed E-state index contributed by atoms with van der Waals surface area (Å²) in [4.78, 5) is 13.2. The molecular formula is C45H50FN3O3. The molecule has 52 heavy (non-hydrogen) atoms. The summed E-state index contributed by atoms with van der Waals surface area (Å²) in [6.45, 7) is 0.739. The number of aryl methyl sites for hydroxylation is 1. The van der Waals surface area contributed by atoms with Gasteiger partial charge in [0, 0.05) is 36.5 Å². The van der Waals surface area contributed by atoms with Crippen molar-refractivity contribution in [2.24, 2.45) is 5.73 Å². The number of nitrogens with two attached hydrogens (primary N) is 2. The Hall–Kier alpha value is -4.98. The maximum atomic E-state index is 13.4. The van der Waals surface area contributed by atoms with Crippen molar-refractivity contribution >= 4 is 11.5 Å². The maximum Gasteiger partial charge on any atom is 0.161 e.